The van der Waals surface area contributed by atoms with E-state index in [4.69, 9.17) is 0 Å². The van der Waals surface area contributed by atoms with Gasteiger partial charge in [-0.1, -0.05) is 13.0 Å². The monoisotopic (exact) mass is 407 g/mol. The van der Waals surface area contributed by atoms with Gasteiger partial charge in [0.2, 0.25) is 0 Å². The first-order chi connectivity index (χ1) is 12.8. The fourth-order valence-corrected chi connectivity index (χ4v) is 3.23. The highest BCUT2D eigenvalue weighted by Gasteiger charge is 2.32. The van der Waals surface area contributed by atoms with Gasteiger partial charge in [0.25, 0.3) is 6.43 Å². The highest BCUT2D eigenvalue weighted by molar-refractivity contribution is 7.16. The second-order valence-corrected chi connectivity index (χ2v) is 6.82. The van der Waals surface area contributed by atoms with Crippen molar-refractivity contribution >= 4 is 20.6 Å². The van der Waals surface area contributed by atoms with Gasteiger partial charge >= 0.3 is 6.18 Å². The van der Waals surface area contributed by atoms with E-state index >= 15 is 0 Å². The molecule has 0 radical (unpaired) electrons. The Morgan fingerprint density at radius 3 is 2.44 bits per heavy atom. The Balaban J connectivity index is 2.54. The first-order valence-electron chi connectivity index (χ1n) is 8.86. The van der Waals surface area contributed by atoms with Crippen LogP contribution in [-0.4, -0.2) is 35.4 Å². The Hall–Kier alpha value is -1.56. The third-order valence-electron chi connectivity index (χ3n) is 4.18. The van der Waals surface area contributed by atoms with Gasteiger partial charge in [-0.2, -0.15) is 13.2 Å². The van der Waals surface area contributed by atoms with Crippen molar-refractivity contribution in [3.05, 3.63) is 35.3 Å². The van der Waals surface area contributed by atoms with Crippen LogP contribution >= 0.6 is 9.24 Å². The summed E-state index contributed by atoms with van der Waals surface area (Å²) in [6.45, 7) is 2.98. The lowest BCUT2D eigenvalue weighted by Crippen LogP contribution is -2.20. The molecule has 1 aliphatic rings. The average Bonchev–Trinajstić information content (AvgIpc) is 3.14. The molecule has 2 heterocycles. The second-order valence-electron chi connectivity index (χ2n) is 6.24. The number of hydrogen-bond acceptors (Lipinski definition) is 3. The van der Waals surface area contributed by atoms with Crippen LogP contribution in [0.4, 0.5) is 27.8 Å². The van der Waals surface area contributed by atoms with E-state index in [9.17, 15) is 22.0 Å². The van der Waals surface area contributed by atoms with Crippen LogP contribution in [0.15, 0.2) is 23.8 Å². The van der Waals surface area contributed by atoms with Crippen LogP contribution in [0.3, 0.4) is 0 Å². The van der Waals surface area contributed by atoms with Crippen molar-refractivity contribution in [1.82, 2.24) is 9.97 Å². The van der Waals surface area contributed by atoms with Crippen LogP contribution in [0.1, 0.15) is 50.6 Å². The molecule has 0 aromatic carbocycles. The van der Waals surface area contributed by atoms with Gasteiger partial charge in [-0.05, 0) is 43.5 Å². The maximum Gasteiger partial charge on any atom is 0.416 e. The third kappa shape index (κ3) is 5.96. The van der Waals surface area contributed by atoms with Gasteiger partial charge in [-0.25, -0.2) is 18.7 Å². The summed E-state index contributed by atoms with van der Waals surface area (Å²) in [4.78, 5) is 9.64. The normalized spacial score (nSPS) is 16.5. The molecule has 0 amide bonds. The van der Waals surface area contributed by atoms with Crippen LogP contribution < -0.4 is 4.90 Å². The minimum absolute atomic E-state index is 0.121. The van der Waals surface area contributed by atoms with Crippen molar-refractivity contribution in [1.29, 1.82) is 0 Å². The third-order valence-corrected chi connectivity index (χ3v) is 4.47. The molecular weight excluding hydrogens is 384 g/mol. The lowest BCUT2D eigenvalue weighted by atomic mass is 10.0. The molecule has 1 unspecified atom stereocenters. The van der Waals surface area contributed by atoms with E-state index in [0.717, 1.165) is 25.0 Å². The van der Waals surface area contributed by atoms with Crippen molar-refractivity contribution in [3.8, 4) is 0 Å². The van der Waals surface area contributed by atoms with Crippen LogP contribution in [-0.2, 0) is 0 Å². The molecule has 1 aromatic heterocycles. The van der Waals surface area contributed by atoms with Gasteiger partial charge in [0.1, 0.15) is 5.82 Å². The van der Waals surface area contributed by atoms with Gasteiger partial charge in [0, 0.05) is 19.2 Å². The topological polar surface area (TPSA) is 29.0 Å². The smallest absolute Gasteiger partial charge is 0.356 e. The summed E-state index contributed by atoms with van der Waals surface area (Å²) < 4.78 is 66.4. The Morgan fingerprint density at radius 2 is 1.93 bits per heavy atom. The molecule has 1 saturated heterocycles. The van der Waals surface area contributed by atoms with Gasteiger partial charge in [0.05, 0.1) is 11.3 Å². The van der Waals surface area contributed by atoms with Gasteiger partial charge in [-0.3, -0.25) is 0 Å². The van der Waals surface area contributed by atoms with Crippen LogP contribution in [0, 0.1) is 0 Å². The summed E-state index contributed by atoms with van der Waals surface area (Å²) in [6, 6.07) is 1.52. The Labute approximate surface area is 158 Å². The van der Waals surface area contributed by atoms with Crippen molar-refractivity contribution in [2.45, 2.75) is 45.2 Å². The van der Waals surface area contributed by atoms with Crippen molar-refractivity contribution < 1.29 is 22.0 Å². The molecule has 150 valence electrons. The molecule has 0 bridgehead atoms. The van der Waals surface area contributed by atoms with Crippen LogP contribution in [0.25, 0.3) is 5.57 Å². The molecule has 0 N–H and O–H groups in total. The summed E-state index contributed by atoms with van der Waals surface area (Å²) >= 11 is 0. The fourth-order valence-electron chi connectivity index (χ4n) is 2.92. The molecule has 1 aliphatic heterocycles. The summed E-state index contributed by atoms with van der Waals surface area (Å²) in [7, 11) is 2.44. The summed E-state index contributed by atoms with van der Waals surface area (Å²) in [5.74, 6) is -0.312. The molecule has 1 fully saturated rings. The van der Waals surface area contributed by atoms with Gasteiger partial charge in [0.15, 0.2) is 5.82 Å². The lowest BCUT2D eigenvalue weighted by Gasteiger charge is -2.19. The van der Waals surface area contributed by atoms with E-state index in [1.807, 2.05) is 4.90 Å². The van der Waals surface area contributed by atoms with E-state index in [1.54, 1.807) is 6.92 Å². The van der Waals surface area contributed by atoms with Crippen LogP contribution in [0.5, 0.6) is 0 Å². The predicted molar refractivity (Wildman–Crippen MR) is 100 cm³/mol. The van der Waals surface area contributed by atoms with E-state index < -0.39 is 24.0 Å². The number of aromatic nitrogens is 2. The van der Waals surface area contributed by atoms with E-state index in [-0.39, 0.29) is 24.1 Å². The van der Waals surface area contributed by atoms with Crippen molar-refractivity contribution in [2.75, 3.05) is 24.2 Å². The molecule has 0 spiro atoms. The van der Waals surface area contributed by atoms with Crippen LogP contribution in [0.2, 0.25) is 0 Å². The Bertz CT molecular complexity index is 695. The zero-order valence-corrected chi connectivity index (χ0v) is 16.2. The number of alkyl halides is 5. The second kappa shape index (κ2) is 9.58. The highest BCUT2D eigenvalue weighted by atomic mass is 31.0. The fraction of sp³-hybridized carbons (Fsp3) is 0.556. The van der Waals surface area contributed by atoms with E-state index in [2.05, 4.69) is 19.2 Å². The minimum atomic E-state index is -4.52. The quantitative estimate of drug-likeness (QED) is 0.337. The van der Waals surface area contributed by atoms with Crippen molar-refractivity contribution in [2.24, 2.45) is 0 Å². The number of halogens is 5. The van der Waals surface area contributed by atoms with Gasteiger partial charge < -0.3 is 4.90 Å². The largest absolute Gasteiger partial charge is 0.416 e. The first-order valence-corrected chi connectivity index (χ1v) is 9.68. The maximum atomic E-state index is 13.3. The maximum absolute atomic E-state index is 13.3. The van der Waals surface area contributed by atoms with Gasteiger partial charge in [-0.15, -0.1) is 9.24 Å². The predicted octanol–water partition coefficient (Wildman–Crippen LogP) is 5.56. The summed E-state index contributed by atoms with van der Waals surface area (Å²) in [5.41, 5.74) is -0.402. The number of hydrogen-bond donors (Lipinski definition) is 0. The molecule has 2 rings (SSSR count). The molecule has 9 heteroatoms. The zero-order valence-electron chi connectivity index (χ0n) is 15.1. The number of nitrogens with zero attached hydrogens (tertiary/aromatic N) is 3. The Morgan fingerprint density at radius 1 is 1.26 bits per heavy atom. The number of anilines is 1. The Kier molecular flexibility index (Phi) is 7.71. The molecule has 0 aliphatic carbocycles. The molecule has 0 saturated carbocycles. The standard InChI is InChI=1S/C18H23F5N3P/c1-2-5-13(18(21,22)23)10-12(6-9-27)14-11-15(26-7-3-4-8-26)25-17(24-14)16(19)20/h5,10-11,16H,2-4,6-9,27H2,1H3/b12-10+,13-5-. The molecule has 1 aromatic rings. The van der Waals surface area contributed by atoms with E-state index in [0.29, 0.717) is 25.1 Å². The number of allylic oxidation sites excluding steroid dienone is 4. The SMILES string of the molecule is CC/C=C(/C=C(\CCP)c1cc(N2CCCC2)nc(C(F)F)n1)C(F)(F)F. The molecule has 27 heavy (non-hydrogen) atoms. The summed E-state index contributed by atoms with van der Waals surface area (Å²) in [6.07, 6.45) is -2.50. The number of rotatable bonds is 7. The summed E-state index contributed by atoms with van der Waals surface area (Å²) in [5, 5.41) is 0. The highest BCUT2D eigenvalue weighted by Crippen LogP contribution is 2.32. The van der Waals surface area contributed by atoms with Crippen molar-refractivity contribution in [3.63, 3.8) is 0 Å². The zero-order chi connectivity index (χ0) is 20.0. The average molecular weight is 407 g/mol. The first kappa shape index (κ1) is 21.7. The molecule has 3 nitrogen and oxygen atoms in total. The minimum Gasteiger partial charge on any atom is -0.356 e. The molecule has 1 atom stereocenters. The molecular formula is C18H23F5N3P. The lowest BCUT2D eigenvalue weighted by molar-refractivity contribution is -0.0883. The van der Waals surface area contributed by atoms with E-state index in [1.165, 1.54) is 6.07 Å².